The van der Waals surface area contributed by atoms with Gasteiger partial charge >= 0.3 is 0 Å². The summed E-state index contributed by atoms with van der Waals surface area (Å²) in [6, 6.07) is 18.0. The van der Waals surface area contributed by atoms with Gasteiger partial charge in [0.25, 0.3) is 5.91 Å². The summed E-state index contributed by atoms with van der Waals surface area (Å²) in [5, 5.41) is 6.67. The van der Waals surface area contributed by atoms with E-state index in [0.29, 0.717) is 23.3 Å². The van der Waals surface area contributed by atoms with Gasteiger partial charge in [0.05, 0.1) is 0 Å². The lowest BCUT2D eigenvalue weighted by atomic mass is 10.1. The van der Waals surface area contributed by atoms with Crippen LogP contribution in [-0.4, -0.2) is 28.5 Å². The number of aromatic nitrogens is 2. The molecule has 1 aromatic heterocycles. The van der Waals surface area contributed by atoms with Crippen LogP contribution in [0.5, 0.6) is 0 Å². The molecule has 7 heteroatoms. The lowest BCUT2D eigenvalue weighted by Crippen LogP contribution is -2.20. The van der Waals surface area contributed by atoms with Crippen LogP contribution < -0.4 is 10.6 Å². The van der Waals surface area contributed by atoms with Crippen molar-refractivity contribution in [1.29, 1.82) is 0 Å². The average Bonchev–Trinajstić information content (AvgIpc) is 3.68. The molecule has 0 bridgehead atoms. The smallest absolute Gasteiger partial charge is 0.255 e. The molecule has 1 amide bonds. The molecule has 2 aromatic carbocycles. The van der Waals surface area contributed by atoms with Crippen molar-refractivity contribution in [3.8, 4) is 11.4 Å². The van der Waals surface area contributed by atoms with Crippen LogP contribution in [0.25, 0.3) is 11.4 Å². The Balaban J connectivity index is 0.00000136. The van der Waals surface area contributed by atoms with Gasteiger partial charge in [-0.1, -0.05) is 24.3 Å². The van der Waals surface area contributed by atoms with Crippen LogP contribution in [0.3, 0.4) is 0 Å². The number of hydrogen-bond donors (Lipinski definition) is 2. The van der Waals surface area contributed by atoms with Gasteiger partial charge in [0.1, 0.15) is 0 Å². The maximum Gasteiger partial charge on any atom is 0.255 e. The summed E-state index contributed by atoms with van der Waals surface area (Å²) >= 11 is 0. The molecule has 1 heterocycles. The van der Waals surface area contributed by atoms with E-state index in [1.807, 2.05) is 42.5 Å². The Kier molecular flexibility index (Phi) is 7.65. The van der Waals surface area contributed by atoms with E-state index < -0.39 is 0 Å². The molecule has 2 atom stereocenters. The minimum absolute atomic E-state index is 0. The molecule has 31 heavy (non-hydrogen) atoms. The first-order valence-corrected chi connectivity index (χ1v) is 10.3. The number of nitrogens with one attached hydrogen (secondary N) is 2. The van der Waals surface area contributed by atoms with E-state index in [1.165, 1.54) is 18.4 Å². The highest BCUT2D eigenvalue weighted by Gasteiger charge is 2.39. The standard InChI is InChI=1S/C24H24N4O.2ClH/c29-24(28-20-7-2-5-18(13-20)23-25-10-3-11-26-23)19-6-1-4-17(12-19)21-14-22(21)27-15-16-8-9-16;;/h1-7,10-13,16,21-22,27H,8-9,14-15H2,(H,28,29);2*1H. The SMILES string of the molecule is Cl.Cl.O=C(Nc1cccc(-c2ncccn2)c1)c1cccc(C2CC2NCC2CC2)c1. The van der Waals surface area contributed by atoms with Gasteiger partial charge in [0.2, 0.25) is 0 Å². The molecule has 2 unspecified atom stereocenters. The van der Waals surface area contributed by atoms with Crippen molar-refractivity contribution in [2.75, 3.05) is 11.9 Å². The van der Waals surface area contributed by atoms with Crippen molar-refractivity contribution in [1.82, 2.24) is 15.3 Å². The number of carbonyl (C=O) groups excluding carboxylic acids is 1. The second kappa shape index (κ2) is 10.2. The molecule has 2 N–H and O–H groups in total. The van der Waals surface area contributed by atoms with E-state index in [9.17, 15) is 4.79 Å². The number of halogens is 2. The zero-order valence-electron chi connectivity index (χ0n) is 17.0. The van der Waals surface area contributed by atoms with Gasteiger partial charge in [0, 0.05) is 41.2 Å². The van der Waals surface area contributed by atoms with Crippen molar-refractivity contribution in [2.45, 2.75) is 31.2 Å². The van der Waals surface area contributed by atoms with Crippen LogP contribution >= 0.6 is 24.8 Å². The Morgan fingerprint density at radius 2 is 1.74 bits per heavy atom. The zero-order valence-corrected chi connectivity index (χ0v) is 18.7. The van der Waals surface area contributed by atoms with Crippen molar-refractivity contribution < 1.29 is 4.79 Å². The quantitative estimate of drug-likeness (QED) is 0.519. The van der Waals surface area contributed by atoms with Gasteiger partial charge in [-0.3, -0.25) is 4.79 Å². The highest BCUT2D eigenvalue weighted by atomic mass is 35.5. The zero-order chi connectivity index (χ0) is 19.6. The summed E-state index contributed by atoms with van der Waals surface area (Å²) in [5.41, 5.74) is 3.55. The normalized spacial score (nSPS) is 19.0. The van der Waals surface area contributed by atoms with Crippen LogP contribution in [-0.2, 0) is 0 Å². The van der Waals surface area contributed by atoms with Crippen molar-refractivity contribution in [3.05, 3.63) is 78.1 Å². The molecule has 3 aromatic rings. The minimum Gasteiger partial charge on any atom is -0.322 e. The number of nitrogens with zero attached hydrogens (tertiary/aromatic N) is 2. The summed E-state index contributed by atoms with van der Waals surface area (Å²) in [5.74, 6) is 1.97. The molecule has 0 radical (unpaired) electrons. The number of benzene rings is 2. The highest BCUT2D eigenvalue weighted by Crippen LogP contribution is 2.41. The van der Waals surface area contributed by atoms with E-state index in [4.69, 9.17) is 0 Å². The van der Waals surface area contributed by atoms with E-state index in [2.05, 4.69) is 26.7 Å². The molecular formula is C24H26Cl2N4O. The van der Waals surface area contributed by atoms with Crippen LogP contribution in [0.2, 0.25) is 0 Å². The number of rotatable bonds is 7. The largest absolute Gasteiger partial charge is 0.322 e. The predicted molar refractivity (Wildman–Crippen MR) is 128 cm³/mol. The van der Waals surface area contributed by atoms with E-state index in [0.717, 1.165) is 30.1 Å². The third kappa shape index (κ3) is 5.82. The Morgan fingerprint density at radius 1 is 0.968 bits per heavy atom. The van der Waals surface area contributed by atoms with Gasteiger partial charge in [-0.05, 0) is 67.6 Å². The Bertz CT molecular complexity index is 1030. The Labute approximate surface area is 194 Å². The van der Waals surface area contributed by atoms with Gasteiger partial charge in [-0.2, -0.15) is 0 Å². The molecule has 0 aliphatic heterocycles. The van der Waals surface area contributed by atoms with E-state index in [1.54, 1.807) is 18.5 Å². The molecule has 2 saturated carbocycles. The van der Waals surface area contributed by atoms with Gasteiger partial charge in [0.15, 0.2) is 5.82 Å². The molecule has 162 valence electrons. The number of carbonyl (C=O) groups is 1. The minimum atomic E-state index is -0.0962. The number of anilines is 1. The second-order valence-corrected chi connectivity index (χ2v) is 8.03. The van der Waals surface area contributed by atoms with Crippen LogP contribution in [0.15, 0.2) is 67.0 Å². The number of amides is 1. The summed E-state index contributed by atoms with van der Waals surface area (Å²) in [6.45, 7) is 1.14. The molecule has 2 aliphatic carbocycles. The van der Waals surface area contributed by atoms with Crippen molar-refractivity contribution in [2.24, 2.45) is 5.92 Å². The fraction of sp³-hybridized carbons (Fsp3) is 0.292. The summed E-state index contributed by atoms with van der Waals surface area (Å²) < 4.78 is 0. The van der Waals surface area contributed by atoms with Gasteiger partial charge in [-0.25, -0.2) is 9.97 Å². The molecule has 2 aliphatic rings. The monoisotopic (exact) mass is 456 g/mol. The van der Waals surface area contributed by atoms with Gasteiger partial charge in [-0.15, -0.1) is 24.8 Å². The van der Waals surface area contributed by atoms with Crippen LogP contribution in [0.4, 0.5) is 5.69 Å². The third-order valence-corrected chi connectivity index (χ3v) is 5.68. The second-order valence-electron chi connectivity index (χ2n) is 8.03. The third-order valence-electron chi connectivity index (χ3n) is 5.68. The van der Waals surface area contributed by atoms with E-state index in [-0.39, 0.29) is 30.7 Å². The summed E-state index contributed by atoms with van der Waals surface area (Å²) in [4.78, 5) is 21.3. The first-order valence-electron chi connectivity index (χ1n) is 10.3. The van der Waals surface area contributed by atoms with Crippen LogP contribution in [0, 0.1) is 5.92 Å². The summed E-state index contributed by atoms with van der Waals surface area (Å²) in [7, 11) is 0. The lowest BCUT2D eigenvalue weighted by molar-refractivity contribution is 0.102. The van der Waals surface area contributed by atoms with Crippen LogP contribution in [0.1, 0.15) is 41.1 Å². The Morgan fingerprint density at radius 3 is 2.52 bits per heavy atom. The highest BCUT2D eigenvalue weighted by molar-refractivity contribution is 6.04. The lowest BCUT2D eigenvalue weighted by Gasteiger charge is -2.09. The first kappa shape index (κ1) is 23.2. The molecule has 5 nitrogen and oxygen atoms in total. The molecule has 0 spiro atoms. The van der Waals surface area contributed by atoms with Gasteiger partial charge < -0.3 is 10.6 Å². The molecule has 5 rings (SSSR count). The predicted octanol–water partition coefficient (Wildman–Crippen LogP) is 5.10. The average molecular weight is 457 g/mol. The topological polar surface area (TPSA) is 66.9 Å². The first-order chi connectivity index (χ1) is 14.3. The fourth-order valence-corrected chi connectivity index (χ4v) is 3.73. The Hall–Kier alpha value is -2.47. The molecular weight excluding hydrogens is 431 g/mol. The maximum atomic E-state index is 12.8. The molecule has 2 fully saturated rings. The molecule has 0 saturated heterocycles. The fourth-order valence-electron chi connectivity index (χ4n) is 3.73. The van der Waals surface area contributed by atoms with Crippen molar-refractivity contribution in [3.63, 3.8) is 0 Å². The van der Waals surface area contributed by atoms with Crippen molar-refractivity contribution >= 4 is 36.4 Å². The maximum absolute atomic E-state index is 12.8. The number of hydrogen-bond acceptors (Lipinski definition) is 4. The van der Waals surface area contributed by atoms with E-state index >= 15 is 0 Å². The summed E-state index contributed by atoms with van der Waals surface area (Å²) in [6.07, 6.45) is 7.33.